The Morgan fingerprint density at radius 3 is 2.87 bits per heavy atom. The first-order valence-electron chi connectivity index (χ1n) is 5.75. The van der Waals surface area contributed by atoms with Crippen LogP contribution in [0.4, 0.5) is 0 Å². The zero-order valence-corrected chi connectivity index (χ0v) is 9.62. The minimum atomic E-state index is -0.186. The molecule has 3 N–H and O–H groups in total. The molecule has 0 aromatic rings. The molecule has 2 rings (SSSR count). The Balaban J connectivity index is 1.77. The van der Waals surface area contributed by atoms with Gasteiger partial charge in [-0.15, -0.1) is 0 Å². The van der Waals surface area contributed by atoms with E-state index in [1.807, 2.05) is 0 Å². The van der Waals surface area contributed by atoms with Crippen molar-refractivity contribution >= 4 is 5.91 Å². The minimum absolute atomic E-state index is 0.0666. The molecule has 0 radical (unpaired) electrons. The van der Waals surface area contributed by atoms with Crippen molar-refractivity contribution in [3.05, 3.63) is 0 Å². The highest BCUT2D eigenvalue weighted by Crippen LogP contribution is 2.54. The fourth-order valence-corrected chi connectivity index (χ4v) is 2.83. The van der Waals surface area contributed by atoms with Crippen molar-refractivity contribution in [2.45, 2.75) is 37.3 Å². The Kier molecular flexibility index (Phi) is 2.73. The van der Waals surface area contributed by atoms with Crippen molar-refractivity contribution in [3.8, 4) is 0 Å². The van der Waals surface area contributed by atoms with Gasteiger partial charge in [-0.1, -0.05) is 0 Å². The van der Waals surface area contributed by atoms with Crippen molar-refractivity contribution in [1.29, 1.82) is 0 Å². The summed E-state index contributed by atoms with van der Waals surface area (Å²) in [5, 5.41) is 3.42. The van der Waals surface area contributed by atoms with Gasteiger partial charge in [-0.2, -0.15) is 0 Å². The molecule has 3 unspecified atom stereocenters. The molecule has 0 spiro atoms. The van der Waals surface area contributed by atoms with Crippen molar-refractivity contribution in [3.63, 3.8) is 0 Å². The number of piperidine rings is 1. The van der Waals surface area contributed by atoms with E-state index in [1.165, 1.54) is 19.3 Å². The standard InChI is InChI=1S/C11H21N3O/c1-14(2)5-3-4-11-7-8(11)6-9(13-11)10(12)15/h8-9,13H,3-7H2,1-2H3,(H2,12,15). The van der Waals surface area contributed by atoms with E-state index < -0.39 is 0 Å². The van der Waals surface area contributed by atoms with Gasteiger partial charge in [0.05, 0.1) is 6.04 Å². The summed E-state index contributed by atoms with van der Waals surface area (Å²) in [5.74, 6) is 0.520. The lowest BCUT2D eigenvalue weighted by Gasteiger charge is -2.18. The minimum Gasteiger partial charge on any atom is -0.368 e. The van der Waals surface area contributed by atoms with E-state index in [0.717, 1.165) is 13.0 Å². The summed E-state index contributed by atoms with van der Waals surface area (Å²) in [5.41, 5.74) is 5.58. The summed E-state index contributed by atoms with van der Waals surface area (Å²) >= 11 is 0. The SMILES string of the molecule is CN(C)CCCC12CC1CC(C(N)=O)N2. The molecule has 3 atom stereocenters. The van der Waals surface area contributed by atoms with Gasteiger partial charge in [0, 0.05) is 5.54 Å². The fourth-order valence-electron chi connectivity index (χ4n) is 2.83. The highest BCUT2D eigenvalue weighted by molar-refractivity contribution is 5.80. The van der Waals surface area contributed by atoms with Crippen LogP contribution in [0.25, 0.3) is 0 Å². The number of nitrogens with two attached hydrogens (primary N) is 1. The quantitative estimate of drug-likeness (QED) is 0.669. The molecule has 86 valence electrons. The van der Waals surface area contributed by atoms with E-state index in [-0.39, 0.29) is 17.5 Å². The average Bonchev–Trinajstić information content (AvgIpc) is 2.67. The Labute approximate surface area is 91.2 Å². The van der Waals surface area contributed by atoms with E-state index in [0.29, 0.717) is 5.92 Å². The normalized spacial score (nSPS) is 38.1. The highest BCUT2D eigenvalue weighted by atomic mass is 16.1. The van der Waals surface area contributed by atoms with E-state index in [9.17, 15) is 4.79 Å². The predicted molar refractivity (Wildman–Crippen MR) is 59.4 cm³/mol. The maximum Gasteiger partial charge on any atom is 0.234 e. The van der Waals surface area contributed by atoms with Gasteiger partial charge in [0.2, 0.25) is 5.91 Å². The van der Waals surface area contributed by atoms with E-state index in [1.54, 1.807) is 0 Å². The Bertz CT molecular complexity index is 267. The van der Waals surface area contributed by atoms with Crippen molar-refractivity contribution in [2.75, 3.05) is 20.6 Å². The van der Waals surface area contributed by atoms with Crippen LogP contribution in [0, 0.1) is 5.92 Å². The fraction of sp³-hybridized carbons (Fsp3) is 0.909. The molecule has 1 saturated heterocycles. The monoisotopic (exact) mass is 211 g/mol. The van der Waals surface area contributed by atoms with Crippen LogP contribution in [-0.2, 0) is 4.79 Å². The third kappa shape index (κ3) is 2.16. The first-order chi connectivity index (χ1) is 7.03. The molecule has 1 aliphatic heterocycles. The molecule has 15 heavy (non-hydrogen) atoms. The van der Waals surface area contributed by atoms with Gasteiger partial charge in [0.15, 0.2) is 0 Å². The van der Waals surface area contributed by atoms with E-state index in [4.69, 9.17) is 5.73 Å². The summed E-state index contributed by atoms with van der Waals surface area (Å²) in [4.78, 5) is 13.2. The van der Waals surface area contributed by atoms with Crippen LogP contribution in [0.15, 0.2) is 0 Å². The number of carbonyl (C=O) groups is 1. The maximum atomic E-state index is 11.0. The first-order valence-corrected chi connectivity index (χ1v) is 5.75. The molecular formula is C11H21N3O. The number of nitrogens with zero attached hydrogens (tertiary/aromatic N) is 1. The van der Waals surface area contributed by atoms with Crippen molar-refractivity contribution in [2.24, 2.45) is 11.7 Å². The smallest absolute Gasteiger partial charge is 0.234 e. The van der Waals surface area contributed by atoms with Gasteiger partial charge in [0.25, 0.3) is 0 Å². The number of hydrogen-bond donors (Lipinski definition) is 2. The van der Waals surface area contributed by atoms with E-state index in [2.05, 4.69) is 24.3 Å². The molecule has 4 heteroatoms. The summed E-state index contributed by atoms with van der Waals surface area (Å²) < 4.78 is 0. The zero-order chi connectivity index (χ0) is 11.1. The second-order valence-electron chi connectivity index (χ2n) is 5.30. The van der Waals surface area contributed by atoms with Gasteiger partial charge < -0.3 is 10.6 Å². The number of fused-ring (bicyclic) bond motifs is 1. The van der Waals surface area contributed by atoms with Gasteiger partial charge in [-0.25, -0.2) is 0 Å². The van der Waals surface area contributed by atoms with Crippen molar-refractivity contribution < 1.29 is 4.79 Å². The topological polar surface area (TPSA) is 58.4 Å². The highest BCUT2D eigenvalue weighted by Gasteiger charge is 2.60. The lowest BCUT2D eigenvalue weighted by molar-refractivity contribution is -0.120. The number of hydrogen-bond acceptors (Lipinski definition) is 3. The second-order valence-corrected chi connectivity index (χ2v) is 5.30. The molecule has 0 aromatic heterocycles. The van der Waals surface area contributed by atoms with Gasteiger partial charge >= 0.3 is 0 Å². The number of primary amides is 1. The van der Waals surface area contributed by atoms with Crippen LogP contribution >= 0.6 is 0 Å². The van der Waals surface area contributed by atoms with Crippen LogP contribution in [0.1, 0.15) is 25.7 Å². The van der Waals surface area contributed by atoms with Crippen LogP contribution in [0.5, 0.6) is 0 Å². The number of rotatable bonds is 5. The molecule has 1 aliphatic carbocycles. The molecule has 0 bridgehead atoms. The molecule has 2 fully saturated rings. The second kappa shape index (κ2) is 3.76. The van der Waals surface area contributed by atoms with Crippen LogP contribution < -0.4 is 11.1 Å². The Morgan fingerprint density at radius 2 is 2.33 bits per heavy atom. The Morgan fingerprint density at radius 1 is 1.60 bits per heavy atom. The number of nitrogens with one attached hydrogen (secondary N) is 1. The maximum absolute atomic E-state index is 11.0. The van der Waals surface area contributed by atoms with Crippen molar-refractivity contribution in [1.82, 2.24) is 10.2 Å². The van der Waals surface area contributed by atoms with Crippen LogP contribution in [0.3, 0.4) is 0 Å². The predicted octanol–water partition coefficient (Wildman–Crippen LogP) is -0.0659. The third-order valence-electron chi connectivity index (χ3n) is 3.79. The number of amides is 1. The molecule has 1 heterocycles. The summed E-state index contributed by atoms with van der Waals surface area (Å²) in [6.07, 6.45) is 4.57. The summed E-state index contributed by atoms with van der Waals surface area (Å²) in [6.45, 7) is 1.12. The average molecular weight is 211 g/mol. The zero-order valence-electron chi connectivity index (χ0n) is 9.62. The third-order valence-corrected chi connectivity index (χ3v) is 3.79. The van der Waals surface area contributed by atoms with Gasteiger partial charge in [-0.3, -0.25) is 10.1 Å². The Hall–Kier alpha value is -0.610. The largest absolute Gasteiger partial charge is 0.368 e. The summed E-state index contributed by atoms with van der Waals surface area (Å²) in [6, 6.07) is -0.0666. The summed E-state index contributed by atoms with van der Waals surface area (Å²) in [7, 11) is 4.19. The molecule has 2 aliphatic rings. The van der Waals surface area contributed by atoms with Gasteiger partial charge in [0.1, 0.15) is 0 Å². The van der Waals surface area contributed by atoms with Crippen LogP contribution in [0.2, 0.25) is 0 Å². The molecule has 4 nitrogen and oxygen atoms in total. The number of carbonyl (C=O) groups excluding carboxylic acids is 1. The lowest BCUT2D eigenvalue weighted by Crippen LogP contribution is -2.43. The first kappa shape index (κ1) is 10.9. The molecule has 1 amide bonds. The van der Waals surface area contributed by atoms with E-state index >= 15 is 0 Å². The lowest BCUT2D eigenvalue weighted by atomic mass is 10.1. The molecular weight excluding hydrogens is 190 g/mol. The van der Waals surface area contributed by atoms with Crippen LogP contribution in [-0.4, -0.2) is 43.0 Å². The molecule has 0 aromatic carbocycles. The molecule has 1 saturated carbocycles. The van der Waals surface area contributed by atoms with Gasteiger partial charge in [-0.05, 0) is 52.2 Å².